The van der Waals surface area contributed by atoms with Crippen LogP contribution in [-0.4, -0.2) is 18.4 Å². The molecule has 3 rings (SSSR count). The Labute approximate surface area is 158 Å². The fraction of sp³-hybridized carbons (Fsp3) is 0.182. The maximum absolute atomic E-state index is 12.4. The highest BCUT2D eigenvalue weighted by Crippen LogP contribution is 2.18. The highest BCUT2D eigenvalue weighted by Gasteiger charge is 2.17. The van der Waals surface area contributed by atoms with Crippen molar-refractivity contribution in [2.24, 2.45) is 0 Å². The fourth-order valence-electron chi connectivity index (χ4n) is 2.91. The van der Waals surface area contributed by atoms with Crippen LogP contribution in [0.4, 0.5) is 0 Å². The van der Waals surface area contributed by atoms with Gasteiger partial charge < -0.3 is 15.1 Å². The van der Waals surface area contributed by atoms with Crippen molar-refractivity contribution in [3.63, 3.8) is 0 Å². The molecule has 1 heterocycles. The molecule has 0 bridgehead atoms. The summed E-state index contributed by atoms with van der Waals surface area (Å²) in [4.78, 5) is 24.6. The molecule has 2 aromatic carbocycles. The van der Waals surface area contributed by atoms with E-state index in [1.807, 2.05) is 60.7 Å². The molecule has 2 N–H and O–H groups in total. The molecule has 1 aromatic heterocycles. The normalized spacial score (nSPS) is 11.6. The third kappa shape index (κ3) is 5.07. The molecule has 5 nitrogen and oxygen atoms in total. The Kier molecular flexibility index (Phi) is 6.05. The maximum Gasteiger partial charge on any atom is 0.255 e. The van der Waals surface area contributed by atoms with E-state index in [1.165, 1.54) is 6.26 Å². The Morgan fingerprint density at radius 3 is 2.26 bits per heavy atom. The van der Waals surface area contributed by atoms with Crippen LogP contribution in [-0.2, 0) is 11.2 Å². The number of hydrogen-bond acceptors (Lipinski definition) is 3. The lowest BCUT2D eigenvalue weighted by Crippen LogP contribution is -2.39. The quantitative estimate of drug-likeness (QED) is 0.676. The highest BCUT2D eigenvalue weighted by atomic mass is 16.3. The van der Waals surface area contributed by atoms with Gasteiger partial charge in [-0.2, -0.15) is 0 Å². The number of carbonyl (C=O) groups excluding carboxylic acids is 2. The van der Waals surface area contributed by atoms with Crippen molar-refractivity contribution in [2.75, 3.05) is 6.54 Å². The average Bonchev–Trinajstić information content (AvgIpc) is 3.13. The SMILES string of the molecule is Cc1occc1C(=O)NCC(=O)NC(Cc1ccccc1)c1ccccc1. The van der Waals surface area contributed by atoms with E-state index in [0.29, 0.717) is 17.7 Å². The lowest BCUT2D eigenvalue weighted by molar-refractivity contribution is -0.120. The number of aryl methyl sites for hydroxylation is 1. The summed E-state index contributed by atoms with van der Waals surface area (Å²) in [5.41, 5.74) is 2.59. The average molecular weight is 362 g/mol. The minimum absolute atomic E-state index is 0.0957. The van der Waals surface area contributed by atoms with Crippen LogP contribution in [0.2, 0.25) is 0 Å². The summed E-state index contributed by atoms with van der Waals surface area (Å²) < 4.78 is 5.12. The van der Waals surface area contributed by atoms with Gasteiger partial charge in [0.1, 0.15) is 5.76 Å². The Bertz CT molecular complexity index is 888. The van der Waals surface area contributed by atoms with Crippen LogP contribution in [0, 0.1) is 6.92 Å². The van der Waals surface area contributed by atoms with Gasteiger partial charge in [-0.15, -0.1) is 0 Å². The molecule has 0 fully saturated rings. The number of benzene rings is 2. The summed E-state index contributed by atoms with van der Waals surface area (Å²) in [6.45, 7) is 1.61. The van der Waals surface area contributed by atoms with Gasteiger partial charge in [-0.05, 0) is 30.5 Å². The summed E-state index contributed by atoms with van der Waals surface area (Å²) in [5, 5.41) is 5.66. The third-order valence-corrected chi connectivity index (χ3v) is 4.33. The van der Waals surface area contributed by atoms with Gasteiger partial charge in [0.25, 0.3) is 5.91 Å². The van der Waals surface area contributed by atoms with Crippen molar-refractivity contribution in [3.8, 4) is 0 Å². The Hall–Kier alpha value is -3.34. The first kappa shape index (κ1) is 18.5. The van der Waals surface area contributed by atoms with E-state index in [9.17, 15) is 9.59 Å². The van der Waals surface area contributed by atoms with Gasteiger partial charge in [-0.3, -0.25) is 9.59 Å². The molecule has 0 spiro atoms. The molecule has 0 saturated heterocycles. The predicted octanol–water partition coefficient (Wildman–Crippen LogP) is 3.42. The zero-order valence-electron chi connectivity index (χ0n) is 15.1. The van der Waals surface area contributed by atoms with Gasteiger partial charge in [-0.1, -0.05) is 60.7 Å². The standard InChI is InChI=1S/C22H22N2O3/c1-16-19(12-13-27-16)22(26)23-15-21(25)24-20(18-10-6-3-7-11-18)14-17-8-4-2-5-9-17/h2-13,20H,14-15H2,1H3,(H,23,26)(H,24,25). The van der Waals surface area contributed by atoms with E-state index in [4.69, 9.17) is 4.42 Å². The van der Waals surface area contributed by atoms with Crippen LogP contribution in [0.1, 0.15) is 33.3 Å². The fourth-order valence-corrected chi connectivity index (χ4v) is 2.91. The van der Waals surface area contributed by atoms with Crippen molar-refractivity contribution in [3.05, 3.63) is 95.4 Å². The molecule has 2 amide bonds. The second-order valence-corrected chi connectivity index (χ2v) is 6.29. The summed E-state index contributed by atoms with van der Waals surface area (Å²) in [6.07, 6.45) is 2.13. The van der Waals surface area contributed by atoms with Gasteiger partial charge in [0, 0.05) is 0 Å². The number of hydrogen-bond donors (Lipinski definition) is 2. The molecule has 27 heavy (non-hydrogen) atoms. The lowest BCUT2D eigenvalue weighted by Gasteiger charge is -2.20. The zero-order valence-corrected chi connectivity index (χ0v) is 15.1. The molecule has 0 aliphatic heterocycles. The number of carbonyl (C=O) groups is 2. The van der Waals surface area contributed by atoms with Crippen LogP contribution in [0.5, 0.6) is 0 Å². The largest absolute Gasteiger partial charge is 0.469 e. The minimum atomic E-state index is -0.323. The molecule has 0 aliphatic rings. The molecule has 1 unspecified atom stereocenters. The van der Waals surface area contributed by atoms with Crippen LogP contribution in [0.15, 0.2) is 77.4 Å². The topological polar surface area (TPSA) is 71.3 Å². The van der Waals surface area contributed by atoms with Crippen LogP contribution in [0.3, 0.4) is 0 Å². The molecular formula is C22H22N2O3. The lowest BCUT2D eigenvalue weighted by atomic mass is 9.99. The molecule has 138 valence electrons. The summed E-state index contributed by atoms with van der Waals surface area (Å²) >= 11 is 0. The van der Waals surface area contributed by atoms with Crippen LogP contribution in [0.25, 0.3) is 0 Å². The zero-order chi connectivity index (χ0) is 19.1. The minimum Gasteiger partial charge on any atom is -0.469 e. The first-order valence-corrected chi connectivity index (χ1v) is 8.84. The Morgan fingerprint density at radius 1 is 0.963 bits per heavy atom. The molecule has 0 saturated carbocycles. The smallest absolute Gasteiger partial charge is 0.255 e. The van der Waals surface area contributed by atoms with Gasteiger partial charge >= 0.3 is 0 Å². The molecule has 3 aromatic rings. The first-order valence-electron chi connectivity index (χ1n) is 8.84. The number of amides is 2. The second-order valence-electron chi connectivity index (χ2n) is 6.29. The van der Waals surface area contributed by atoms with E-state index >= 15 is 0 Å². The van der Waals surface area contributed by atoms with Crippen molar-refractivity contribution in [1.29, 1.82) is 0 Å². The first-order chi connectivity index (χ1) is 13.1. The summed E-state index contributed by atoms with van der Waals surface area (Å²) in [5.74, 6) is -0.0378. The van der Waals surface area contributed by atoms with E-state index in [-0.39, 0.29) is 24.4 Å². The summed E-state index contributed by atoms with van der Waals surface area (Å²) in [6, 6.07) is 21.2. The number of nitrogens with one attached hydrogen (secondary N) is 2. The van der Waals surface area contributed by atoms with Crippen molar-refractivity contribution in [2.45, 2.75) is 19.4 Å². The van der Waals surface area contributed by atoms with E-state index in [1.54, 1.807) is 13.0 Å². The third-order valence-electron chi connectivity index (χ3n) is 4.33. The van der Waals surface area contributed by atoms with E-state index in [2.05, 4.69) is 10.6 Å². The number of furan rings is 1. The molecule has 0 aliphatic carbocycles. The van der Waals surface area contributed by atoms with Crippen molar-refractivity contribution < 1.29 is 14.0 Å². The van der Waals surface area contributed by atoms with Gasteiger partial charge in [0.05, 0.1) is 24.4 Å². The number of rotatable bonds is 7. The predicted molar refractivity (Wildman–Crippen MR) is 103 cm³/mol. The summed E-state index contributed by atoms with van der Waals surface area (Å²) in [7, 11) is 0. The van der Waals surface area contributed by atoms with Crippen molar-refractivity contribution in [1.82, 2.24) is 10.6 Å². The van der Waals surface area contributed by atoms with Crippen LogP contribution >= 0.6 is 0 Å². The second kappa shape index (κ2) is 8.85. The Morgan fingerprint density at radius 2 is 1.63 bits per heavy atom. The molecule has 5 heteroatoms. The molecule has 0 radical (unpaired) electrons. The van der Waals surface area contributed by atoms with E-state index < -0.39 is 0 Å². The van der Waals surface area contributed by atoms with Gasteiger partial charge in [0.15, 0.2) is 0 Å². The Balaban J connectivity index is 1.64. The monoisotopic (exact) mass is 362 g/mol. The highest BCUT2D eigenvalue weighted by molar-refractivity contribution is 5.97. The molecule has 1 atom stereocenters. The van der Waals surface area contributed by atoms with Crippen LogP contribution < -0.4 is 10.6 Å². The molecular weight excluding hydrogens is 340 g/mol. The van der Waals surface area contributed by atoms with Crippen molar-refractivity contribution >= 4 is 11.8 Å². The van der Waals surface area contributed by atoms with Gasteiger partial charge in [-0.25, -0.2) is 0 Å². The van der Waals surface area contributed by atoms with Gasteiger partial charge in [0.2, 0.25) is 5.91 Å². The maximum atomic E-state index is 12.4. The van der Waals surface area contributed by atoms with E-state index in [0.717, 1.165) is 11.1 Å².